The van der Waals surface area contributed by atoms with E-state index >= 15 is 0 Å². The predicted octanol–water partition coefficient (Wildman–Crippen LogP) is 3.81. The fourth-order valence-electron chi connectivity index (χ4n) is 2.19. The van der Waals surface area contributed by atoms with Gasteiger partial charge in [-0.2, -0.15) is 0 Å². The summed E-state index contributed by atoms with van der Waals surface area (Å²) in [6.45, 7) is 2.87. The molecule has 0 fully saturated rings. The molecule has 0 aliphatic heterocycles. The van der Waals surface area contributed by atoms with Gasteiger partial charge in [-0.1, -0.05) is 61.9 Å². The molecular weight excluding hydrogens is 246 g/mol. The van der Waals surface area contributed by atoms with E-state index in [1.807, 2.05) is 42.5 Å². The van der Waals surface area contributed by atoms with Gasteiger partial charge in [-0.3, -0.25) is 4.79 Å². The molecule has 0 unspecified atom stereocenters. The number of amides is 1. The molecule has 20 heavy (non-hydrogen) atoms. The molecule has 2 aromatic carbocycles. The summed E-state index contributed by atoms with van der Waals surface area (Å²) in [5.74, 6) is 0.0324. The van der Waals surface area contributed by atoms with Crippen molar-refractivity contribution < 1.29 is 4.79 Å². The van der Waals surface area contributed by atoms with Gasteiger partial charge in [0.05, 0.1) is 0 Å². The first-order chi connectivity index (χ1) is 9.81. The summed E-state index contributed by atoms with van der Waals surface area (Å²) in [5, 5.41) is 2.99. The minimum absolute atomic E-state index is 0.0324. The summed E-state index contributed by atoms with van der Waals surface area (Å²) >= 11 is 0. The van der Waals surface area contributed by atoms with Crippen LogP contribution in [0.5, 0.6) is 0 Å². The molecule has 0 aliphatic rings. The van der Waals surface area contributed by atoms with Crippen LogP contribution in [0.2, 0.25) is 0 Å². The van der Waals surface area contributed by atoms with E-state index in [0.717, 1.165) is 36.9 Å². The summed E-state index contributed by atoms with van der Waals surface area (Å²) in [5.41, 5.74) is 3.08. The predicted molar refractivity (Wildman–Crippen MR) is 82.9 cm³/mol. The van der Waals surface area contributed by atoms with Gasteiger partial charge in [0.15, 0.2) is 0 Å². The van der Waals surface area contributed by atoms with Crippen LogP contribution in [0.25, 0.3) is 0 Å². The zero-order chi connectivity index (χ0) is 14.2. The third-order valence-electron chi connectivity index (χ3n) is 3.32. The minimum Gasteiger partial charge on any atom is -0.352 e. The molecule has 0 aliphatic carbocycles. The molecule has 2 rings (SSSR count). The Morgan fingerprint density at radius 2 is 1.70 bits per heavy atom. The summed E-state index contributed by atoms with van der Waals surface area (Å²) in [4.78, 5) is 12.2. The lowest BCUT2D eigenvalue weighted by Gasteiger charge is -2.10. The summed E-state index contributed by atoms with van der Waals surface area (Å²) < 4.78 is 0. The number of benzene rings is 2. The Kier molecular flexibility index (Phi) is 5.36. The van der Waals surface area contributed by atoms with E-state index < -0.39 is 0 Å². The minimum atomic E-state index is 0.0324. The van der Waals surface area contributed by atoms with Crippen LogP contribution in [-0.2, 0) is 6.42 Å². The maximum atomic E-state index is 12.2. The molecule has 0 radical (unpaired) electrons. The second kappa shape index (κ2) is 7.49. The monoisotopic (exact) mass is 267 g/mol. The Morgan fingerprint density at radius 1 is 1.00 bits per heavy atom. The highest BCUT2D eigenvalue weighted by Gasteiger charge is 2.10. The van der Waals surface area contributed by atoms with Gasteiger partial charge < -0.3 is 5.32 Å². The van der Waals surface area contributed by atoms with Gasteiger partial charge >= 0.3 is 0 Å². The van der Waals surface area contributed by atoms with Crippen LogP contribution < -0.4 is 5.32 Å². The van der Waals surface area contributed by atoms with Gasteiger partial charge in [0.2, 0.25) is 0 Å². The fourth-order valence-corrected chi connectivity index (χ4v) is 2.19. The van der Waals surface area contributed by atoms with Gasteiger partial charge in [-0.05, 0) is 30.0 Å². The lowest BCUT2D eigenvalue weighted by atomic mass is 9.99. The number of hydrogen-bond donors (Lipinski definition) is 1. The molecule has 0 atom stereocenters. The van der Waals surface area contributed by atoms with Crippen molar-refractivity contribution in [3.63, 3.8) is 0 Å². The van der Waals surface area contributed by atoms with Gasteiger partial charge in [0, 0.05) is 12.1 Å². The highest BCUT2D eigenvalue weighted by Crippen LogP contribution is 2.14. The van der Waals surface area contributed by atoms with Crippen molar-refractivity contribution in [2.24, 2.45) is 0 Å². The lowest BCUT2D eigenvalue weighted by molar-refractivity contribution is 0.0952. The maximum Gasteiger partial charge on any atom is 0.251 e. The lowest BCUT2D eigenvalue weighted by Crippen LogP contribution is -2.25. The molecule has 2 heteroatoms. The summed E-state index contributed by atoms with van der Waals surface area (Å²) in [6.07, 6.45) is 2.90. The quantitative estimate of drug-likeness (QED) is 0.792. The van der Waals surface area contributed by atoms with E-state index in [1.165, 1.54) is 5.56 Å². The van der Waals surface area contributed by atoms with Gasteiger partial charge in [-0.15, -0.1) is 0 Å². The van der Waals surface area contributed by atoms with E-state index in [-0.39, 0.29) is 5.91 Å². The van der Waals surface area contributed by atoms with Crippen LogP contribution in [0.1, 0.15) is 41.3 Å². The zero-order valence-electron chi connectivity index (χ0n) is 11.9. The van der Waals surface area contributed by atoms with E-state index in [4.69, 9.17) is 0 Å². The van der Waals surface area contributed by atoms with E-state index in [0.29, 0.717) is 0 Å². The molecule has 0 saturated carbocycles. The summed E-state index contributed by atoms with van der Waals surface area (Å²) in [6, 6.07) is 18.1. The van der Waals surface area contributed by atoms with Gasteiger partial charge in [0.1, 0.15) is 0 Å². The molecule has 0 aromatic heterocycles. The van der Waals surface area contributed by atoms with Crippen LogP contribution in [-0.4, -0.2) is 12.5 Å². The maximum absolute atomic E-state index is 12.2. The molecule has 0 saturated heterocycles. The fraction of sp³-hybridized carbons (Fsp3) is 0.278. The average Bonchev–Trinajstić information content (AvgIpc) is 2.49. The number of carbonyl (C=O) groups is 1. The normalized spacial score (nSPS) is 10.2. The Bertz CT molecular complexity index is 548. The van der Waals surface area contributed by atoms with Crippen LogP contribution in [0.4, 0.5) is 0 Å². The second-order valence-corrected chi connectivity index (χ2v) is 4.93. The smallest absolute Gasteiger partial charge is 0.251 e. The first-order valence-corrected chi connectivity index (χ1v) is 7.21. The van der Waals surface area contributed by atoms with Crippen molar-refractivity contribution in [3.8, 4) is 0 Å². The standard InChI is InChI=1S/C18H21NO/c1-2-3-13-19-18(20)17-12-8-7-11-16(17)14-15-9-5-4-6-10-15/h4-12H,2-3,13-14H2,1H3,(H,19,20). The SMILES string of the molecule is CCCCNC(=O)c1ccccc1Cc1ccccc1. The van der Waals surface area contributed by atoms with Crippen LogP contribution in [0.3, 0.4) is 0 Å². The van der Waals surface area contributed by atoms with Crippen LogP contribution >= 0.6 is 0 Å². The van der Waals surface area contributed by atoms with Crippen molar-refractivity contribution in [2.75, 3.05) is 6.54 Å². The number of hydrogen-bond acceptors (Lipinski definition) is 1. The number of rotatable bonds is 6. The first-order valence-electron chi connectivity index (χ1n) is 7.21. The molecular formula is C18H21NO. The van der Waals surface area contributed by atoms with E-state index in [9.17, 15) is 4.79 Å². The Balaban J connectivity index is 2.11. The number of nitrogens with one attached hydrogen (secondary N) is 1. The largest absolute Gasteiger partial charge is 0.352 e. The van der Waals surface area contributed by atoms with Crippen molar-refractivity contribution in [3.05, 3.63) is 71.3 Å². The van der Waals surface area contributed by atoms with Crippen molar-refractivity contribution in [1.82, 2.24) is 5.32 Å². The first kappa shape index (κ1) is 14.3. The molecule has 104 valence electrons. The molecule has 0 bridgehead atoms. The Morgan fingerprint density at radius 3 is 2.45 bits per heavy atom. The van der Waals surface area contributed by atoms with Crippen molar-refractivity contribution >= 4 is 5.91 Å². The van der Waals surface area contributed by atoms with Crippen molar-refractivity contribution in [2.45, 2.75) is 26.2 Å². The number of carbonyl (C=O) groups excluding carboxylic acids is 1. The zero-order valence-corrected chi connectivity index (χ0v) is 11.9. The average molecular weight is 267 g/mol. The van der Waals surface area contributed by atoms with E-state index in [2.05, 4.69) is 24.4 Å². The second-order valence-electron chi connectivity index (χ2n) is 4.93. The third kappa shape index (κ3) is 3.95. The van der Waals surface area contributed by atoms with Crippen molar-refractivity contribution in [1.29, 1.82) is 0 Å². The molecule has 0 heterocycles. The highest BCUT2D eigenvalue weighted by atomic mass is 16.1. The third-order valence-corrected chi connectivity index (χ3v) is 3.32. The van der Waals surface area contributed by atoms with Gasteiger partial charge in [-0.25, -0.2) is 0 Å². The summed E-state index contributed by atoms with van der Waals surface area (Å²) in [7, 11) is 0. The Labute approximate surface area is 120 Å². The van der Waals surface area contributed by atoms with E-state index in [1.54, 1.807) is 0 Å². The molecule has 0 spiro atoms. The Hall–Kier alpha value is -2.09. The topological polar surface area (TPSA) is 29.1 Å². The molecule has 1 N–H and O–H groups in total. The van der Waals surface area contributed by atoms with Gasteiger partial charge in [0.25, 0.3) is 5.91 Å². The van der Waals surface area contributed by atoms with Crippen LogP contribution in [0.15, 0.2) is 54.6 Å². The number of unbranched alkanes of at least 4 members (excludes halogenated alkanes) is 1. The molecule has 1 amide bonds. The van der Waals surface area contributed by atoms with Crippen LogP contribution in [0, 0.1) is 0 Å². The molecule has 2 aromatic rings. The molecule has 2 nitrogen and oxygen atoms in total. The highest BCUT2D eigenvalue weighted by molar-refractivity contribution is 5.95.